The molecule has 0 radical (unpaired) electrons. The Labute approximate surface area is 141 Å². The summed E-state index contributed by atoms with van der Waals surface area (Å²) in [5.41, 5.74) is 0.827. The van der Waals surface area contributed by atoms with E-state index in [9.17, 15) is 14.4 Å². The van der Waals surface area contributed by atoms with Crippen molar-refractivity contribution in [3.63, 3.8) is 0 Å². The summed E-state index contributed by atoms with van der Waals surface area (Å²) in [6, 6.07) is 8.21. The van der Waals surface area contributed by atoms with Crippen LogP contribution in [0.1, 0.15) is 5.56 Å². The Kier molecular flexibility index (Phi) is 9.00. The summed E-state index contributed by atoms with van der Waals surface area (Å²) < 4.78 is 14.1. The van der Waals surface area contributed by atoms with Gasteiger partial charge in [-0.05, 0) is 5.56 Å². The number of methoxy groups -OCH3 is 2. The van der Waals surface area contributed by atoms with E-state index in [-0.39, 0.29) is 12.4 Å². The molecule has 0 aromatic heterocycles. The number of amides is 1. The van der Waals surface area contributed by atoms with E-state index in [1.807, 2.05) is 30.3 Å². The summed E-state index contributed by atoms with van der Waals surface area (Å²) >= 11 is 0. The highest BCUT2D eigenvalue weighted by Crippen LogP contribution is 2.24. The smallest absolute Gasteiger partial charge is 0.408 e. The first-order chi connectivity index (χ1) is 11.1. The van der Waals surface area contributed by atoms with Crippen molar-refractivity contribution in [2.75, 3.05) is 20.0 Å². The zero-order valence-electron chi connectivity index (χ0n) is 12.6. The van der Waals surface area contributed by atoms with Crippen molar-refractivity contribution in [3.8, 4) is 0 Å². The summed E-state index contributed by atoms with van der Waals surface area (Å²) in [6.45, 7) is 0.0879. The lowest BCUT2D eigenvalue weighted by atomic mass is 10.2. The number of hydrogen-bond donors (Lipinski definition) is 1. The van der Waals surface area contributed by atoms with E-state index in [2.05, 4.69) is 14.8 Å². The van der Waals surface area contributed by atoms with E-state index in [1.165, 1.54) is 14.2 Å². The van der Waals surface area contributed by atoms with Gasteiger partial charge in [-0.3, -0.25) is 0 Å². The minimum absolute atomic E-state index is 0.0879. The average Bonchev–Trinajstić information content (AvgIpc) is 2.59. The maximum atomic E-state index is 11.8. The van der Waals surface area contributed by atoms with Crippen molar-refractivity contribution in [2.45, 2.75) is 12.6 Å². The summed E-state index contributed by atoms with van der Waals surface area (Å²) in [7, 11) is 4.36. The summed E-state index contributed by atoms with van der Waals surface area (Å²) in [6.07, 6.45) is -0.743. The van der Waals surface area contributed by atoms with E-state index in [1.54, 1.807) is 0 Å². The van der Waals surface area contributed by atoms with Crippen LogP contribution in [0.2, 0.25) is 0 Å². The predicted molar refractivity (Wildman–Crippen MR) is 88.0 cm³/mol. The number of alkyl carbamates (subject to hydrolysis) is 1. The van der Waals surface area contributed by atoms with Crippen molar-refractivity contribution >= 4 is 39.0 Å². The van der Waals surface area contributed by atoms with Crippen LogP contribution in [0.25, 0.3) is 0 Å². The number of benzene rings is 1. The molecule has 0 bridgehead atoms. The van der Waals surface area contributed by atoms with Gasteiger partial charge in [-0.15, -0.1) is 0 Å². The number of rotatable bonds is 7. The second-order valence-corrected chi connectivity index (χ2v) is 6.38. The van der Waals surface area contributed by atoms with Crippen molar-refractivity contribution < 1.29 is 28.6 Å². The Morgan fingerprint density at radius 3 is 2.43 bits per heavy atom. The molecule has 7 nitrogen and oxygen atoms in total. The molecule has 0 aliphatic rings. The zero-order valence-corrected chi connectivity index (χ0v) is 14.3. The standard InChI is InChI=1S/C14H17NO6S2/c1-19-12(16)11(9-22-23-14(18)20-2)15-13(17)21-8-10-6-4-3-5-7-10/h3-7,11H,8-9H2,1-2H3,(H,15,17). The first-order valence-electron chi connectivity index (χ1n) is 6.49. The third-order valence-electron chi connectivity index (χ3n) is 2.52. The molecule has 0 aliphatic carbocycles. The van der Waals surface area contributed by atoms with Crippen molar-refractivity contribution in [2.24, 2.45) is 0 Å². The van der Waals surface area contributed by atoms with Crippen LogP contribution >= 0.6 is 21.6 Å². The molecule has 1 N–H and O–H groups in total. The van der Waals surface area contributed by atoms with Crippen LogP contribution in [0, 0.1) is 0 Å². The van der Waals surface area contributed by atoms with Gasteiger partial charge in [0.2, 0.25) is 0 Å². The van der Waals surface area contributed by atoms with Gasteiger partial charge in [0.1, 0.15) is 12.6 Å². The number of nitrogens with one attached hydrogen (secondary N) is 1. The molecule has 1 rings (SSSR count). The Morgan fingerprint density at radius 2 is 1.83 bits per heavy atom. The molecule has 1 aromatic rings. The van der Waals surface area contributed by atoms with Crippen LogP contribution in [0.5, 0.6) is 0 Å². The summed E-state index contributed by atoms with van der Waals surface area (Å²) in [4.78, 5) is 34.4. The molecule has 0 aliphatic heterocycles. The Balaban J connectivity index is 2.44. The van der Waals surface area contributed by atoms with Crippen LogP contribution in [0.4, 0.5) is 9.59 Å². The lowest BCUT2D eigenvalue weighted by Crippen LogP contribution is -2.43. The lowest BCUT2D eigenvalue weighted by Gasteiger charge is -2.15. The predicted octanol–water partition coefficient (Wildman–Crippen LogP) is 2.60. The fraction of sp³-hybridized carbons (Fsp3) is 0.357. The summed E-state index contributed by atoms with van der Waals surface area (Å²) in [5.74, 6) is -0.494. The maximum Gasteiger partial charge on any atom is 0.408 e. The first-order valence-corrected chi connectivity index (χ1v) is 8.81. The van der Waals surface area contributed by atoms with E-state index >= 15 is 0 Å². The van der Waals surface area contributed by atoms with E-state index in [4.69, 9.17) is 4.74 Å². The fourth-order valence-corrected chi connectivity index (χ4v) is 3.10. The van der Waals surface area contributed by atoms with Crippen LogP contribution < -0.4 is 5.32 Å². The molecular weight excluding hydrogens is 342 g/mol. The lowest BCUT2D eigenvalue weighted by molar-refractivity contribution is -0.142. The molecule has 0 fully saturated rings. The Morgan fingerprint density at radius 1 is 1.13 bits per heavy atom. The third-order valence-corrected chi connectivity index (χ3v) is 4.58. The van der Waals surface area contributed by atoms with Gasteiger partial charge in [0.05, 0.1) is 14.2 Å². The highest BCUT2D eigenvalue weighted by atomic mass is 33.1. The van der Waals surface area contributed by atoms with Gasteiger partial charge in [0.15, 0.2) is 0 Å². The quantitative estimate of drug-likeness (QED) is 0.451. The monoisotopic (exact) mass is 359 g/mol. The van der Waals surface area contributed by atoms with Crippen molar-refractivity contribution in [1.29, 1.82) is 0 Å². The number of ether oxygens (including phenoxy) is 3. The maximum absolute atomic E-state index is 11.8. The number of esters is 1. The molecule has 126 valence electrons. The minimum Gasteiger partial charge on any atom is -0.467 e. The molecule has 1 unspecified atom stereocenters. The number of hydrogen-bond acceptors (Lipinski definition) is 8. The minimum atomic E-state index is -0.926. The largest absolute Gasteiger partial charge is 0.467 e. The van der Waals surface area contributed by atoms with Crippen LogP contribution in [0.15, 0.2) is 30.3 Å². The molecular formula is C14H17NO6S2. The molecule has 0 saturated heterocycles. The molecule has 9 heteroatoms. The average molecular weight is 359 g/mol. The van der Waals surface area contributed by atoms with Crippen LogP contribution in [-0.4, -0.2) is 43.4 Å². The van der Waals surface area contributed by atoms with E-state index < -0.39 is 23.4 Å². The van der Waals surface area contributed by atoms with Gasteiger partial charge in [-0.2, -0.15) is 0 Å². The highest BCUT2D eigenvalue weighted by molar-refractivity contribution is 8.82. The van der Waals surface area contributed by atoms with Crippen LogP contribution in [0.3, 0.4) is 0 Å². The Bertz CT molecular complexity index is 525. The van der Waals surface area contributed by atoms with E-state index in [0.29, 0.717) is 0 Å². The van der Waals surface area contributed by atoms with Gasteiger partial charge >= 0.3 is 17.4 Å². The topological polar surface area (TPSA) is 90.9 Å². The highest BCUT2D eigenvalue weighted by Gasteiger charge is 2.23. The summed E-state index contributed by atoms with van der Waals surface area (Å²) in [5, 5.41) is 1.91. The zero-order chi connectivity index (χ0) is 17.1. The van der Waals surface area contributed by atoms with E-state index in [0.717, 1.165) is 27.2 Å². The SMILES string of the molecule is COC(=O)SSCC(NC(=O)OCc1ccccc1)C(=O)OC. The fourth-order valence-electron chi connectivity index (χ4n) is 1.40. The van der Waals surface area contributed by atoms with Gasteiger partial charge in [0, 0.05) is 16.5 Å². The van der Waals surface area contributed by atoms with Crippen molar-refractivity contribution in [3.05, 3.63) is 35.9 Å². The molecule has 0 spiro atoms. The molecule has 0 saturated carbocycles. The molecule has 1 atom stereocenters. The third kappa shape index (κ3) is 7.80. The molecule has 23 heavy (non-hydrogen) atoms. The molecule has 1 aromatic carbocycles. The number of carbonyl (C=O) groups excluding carboxylic acids is 3. The Hall–Kier alpha value is -1.87. The normalized spacial score (nSPS) is 11.2. The van der Waals surface area contributed by atoms with Gasteiger partial charge in [0.25, 0.3) is 0 Å². The molecule has 1 amide bonds. The van der Waals surface area contributed by atoms with Crippen LogP contribution in [-0.2, 0) is 25.6 Å². The van der Waals surface area contributed by atoms with Gasteiger partial charge < -0.3 is 19.5 Å². The van der Waals surface area contributed by atoms with Gasteiger partial charge in [-0.25, -0.2) is 14.4 Å². The molecule has 0 heterocycles. The second kappa shape index (κ2) is 10.8. The number of carbonyl (C=O) groups is 3. The first kappa shape index (κ1) is 19.2. The second-order valence-electron chi connectivity index (χ2n) is 4.10. The van der Waals surface area contributed by atoms with Gasteiger partial charge in [-0.1, -0.05) is 41.1 Å². The van der Waals surface area contributed by atoms with Crippen molar-refractivity contribution in [1.82, 2.24) is 5.32 Å².